The van der Waals surface area contributed by atoms with Gasteiger partial charge in [-0.05, 0) is 0 Å². The number of nitrogens with zero attached hydrogens (tertiary/aromatic N) is 1. The summed E-state index contributed by atoms with van der Waals surface area (Å²) in [6, 6.07) is 0. The van der Waals surface area contributed by atoms with Crippen LogP contribution in [-0.2, 0) is 9.53 Å². The molecule has 98 valence electrons. The van der Waals surface area contributed by atoms with E-state index in [1.54, 1.807) is 5.32 Å². The van der Waals surface area contributed by atoms with Crippen LogP contribution in [0.4, 0.5) is 18.0 Å². The standard InChI is InChI=1S/C8H11F3N2O4/c9-8(10,11)6(14)12-3-5-4-13(7(15)16)1-2-17-5/h5H,1-4H2,(H,12,14)(H,15,16). The van der Waals surface area contributed by atoms with E-state index in [1.807, 2.05) is 0 Å². The molecule has 0 aromatic rings. The second kappa shape index (κ2) is 5.21. The first-order chi connectivity index (χ1) is 7.80. The van der Waals surface area contributed by atoms with Gasteiger partial charge in [-0.3, -0.25) is 4.79 Å². The molecule has 2 amide bonds. The lowest BCUT2D eigenvalue weighted by atomic mass is 10.3. The lowest BCUT2D eigenvalue weighted by molar-refractivity contribution is -0.174. The van der Waals surface area contributed by atoms with E-state index in [-0.39, 0.29) is 26.2 Å². The molecule has 0 radical (unpaired) electrons. The van der Waals surface area contributed by atoms with Gasteiger partial charge in [0, 0.05) is 13.1 Å². The molecule has 1 heterocycles. The van der Waals surface area contributed by atoms with Crippen molar-refractivity contribution in [2.24, 2.45) is 0 Å². The molecule has 1 unspecified atom stereocenters. The van der Waals surface area contributed by atoms with E-state index < -0.39 is 24.3 Å². The zero-order valence-corrected chi connectivity index (χ0v) is 8.66. The largest absolute Gasteiger partial charge is 0.471 e. The van der Waals surface area contributed by atoms with Crippen LogP contribution < -0.4 is 5.32 Å². The molecule has 17 heavy (non-hydrogen) atoms. The Morgan fingerprint density at radius 2 is 2.12 bits per heavy atom. The molecule has 1 rings (SSSR count). The van der Waals surface area contributed by atoms with Crippen LogP contribution in [0.1, 0.15) is 0 Å². The van der Waals surface area contributed by atoms with Gasteiger partial charge in [-0.2, -0.15) is 13.2 Å². The topological polar surface area (TPSA) is 78.9 Å². The number of morpholine rings is 1. The van der Waals surface area contributed by atoms with E-state index in [4.69, 9.17) is 9.84 Å². The molecule has 0 aliphatic carbocycles. The van der Waals surface area contributed by atoms with Gasteiger partial charge in [-0.1, -0.05) is 0 Å². The van der Waals surface area contributed by atoms with Gasteiger partial charge >= 0.3 is 18.2 Å². The van der Waals surface area contributed by atoms with Gasteiger partial charge in [-0.15, -0.1) is 0 Å². The van der Waals surface area contributed by atoms with Gasteiger partial charge in [0.15, 0.2) is 0 Å². The number of rotatable bonds is 2. The summed E-state index contributed by atoms with van der Waals surface area (Å²) in [7, 11) is 0. The van der Waals surface area contributed by atoms with Crippen LogP contribution in [-0.4, -0.2) is 60.5 Å². The molecule has 9 heteroatoms. The number of carboxylic acid groups (broad SMARTS) is 1. The van der Waals surface area contributed by atoms with Gasteiger partial charge in [0.25, 0.3) is 0 Å². The second-order valence-electron chi connectivity index (χ2n) is 3.43. The van der Waals surface area contributed by atoms with Crippen LogP contribution in [0.25, 0.3) is 0 Å². The van der Waals surface area contributed by atoms with E-state index in [2.05, 4.69) is 0 Å². The van der Waals surface area contributed by atoms with Crippen molar-refractivity contribution in [1.82, 2.24) is 10.2 Å². The molecule has 0 spiro atoms. The summed E-state index contributed by atoms with van der Waals surface area (Å²) >= 11 is 0. The predicted molar refractivity (Wildman–Crippen MR) is 48.4 cm³/mol. The highest BCUT2D eigenvalue weighted by Crippen LogP contribution is 2.14. The van der Waals surface area contributed by atoms with E-state index in [0.29, 0.717) is 0 Å². The average Bonchev–Trinajstić information content (AvgIpc) is 2.25. The molecular formula is C8H11F3N2O4. The summed E-state index contributed by atoms with van der Waals surface area (Å²) in [5.74, 6) is -2.06. The maximum atomic E-state index is 11.9. The SMILES string of the molecule is O=C(O)N1CCOC(CNC(=O)C(F)(F)F)C1. The van der Waals surface area contributed by atoms with E-state index >= 15 is 0 Å². The van der Waals surface area contributed by atoms with Crippen LogP contribution in [0, 0.1) is 0 Å². The molecule has 0 aromatic carbocycles. The summed E-state index contributed by atoms with van der Waals surface area (Å²) in [6.45, 7) is -0.173. The van der Waals surface area contributed by atoms with Crippen molar-refractivity contribution in [1.29, 1.82) is 0 Å². The van der Waals surface area contributed by atoms with E-state index in [1.165, 1.54) is 0 Å². The number of nitrogens with one attached hydrogen (secondary N) is 1. The normalized spacial score (nSPS) is 21.1. The molecular weight excluding hydrogens is 245 g/mol. The van der Waals surface area contributed by atoms with Crippen molar-refractivity contribution in [3.8, 4) is 0 Å². The Labute approximate surface area is 94.3 Å². The Balaban J connectivity index is 2.37. The quantitative estimate of drug-likeness (QED) is 0.731. The maximum absolute atomic E-state index is 11.9. The molecule has 1 atom stereocenters. The minimum Gasteiger partial charge on any atom is -0.465 e. The summed E-state index contributed by atoms with van der Waals surface area (Å²) < 4.78 is 40.6. The third kappa shape index (κ3) is 4.10. The van der Waals surface area contributed by atoms with Gasteiger partial charge in [0.1, 0.15) is 0 Å². The molecule has 0 aromatic heterocycles. The van der Waals surface area contributed by atoms with Gasteiger partial charge in [-0.25, -0.2) is 4.79 Å². The highest BCUT2D eigenvalue weighted by molar-refractivity contribution is 5.81. The Hall–Kier alpha value is -1.51. The summed E-state index contributed by atoms with van der Waals surface area (Å²) in [4.78, 5) is 22.1. The minimum absolute atomic E-state index is 0.0620. The monoisotopic (exact) mass is 256 g/mol. The van der Waals surface area contributed by atoms with Crippen molar-refractivity contribution >= 4 is 12.0 Å². The number of carbonyl (C=O) groups excluding carboxylic acids is 1. The number of alkyl halides is 3. The van der Waals surface area contributed by atoms with Gasteiger partial charge < -0.3 is 20.1 Å². The summed E-state index contributed by atoms with van der Waals surface area (Å²) in [5, 5.41) is 10.3. The average molecular weight is 256 g/mol. The fourth-order valence-electron chi connectivity index (χ4n) is 1.32. The van der Waals surface area contributed by atoms with E-state index in [9.17, 15) is 22.8 Å². The maximum Gasteiger partial charge on any atom is 0.471 e. The summed E-state index contributed by atoms with van der Waals surface area (Å²) in [5.41, 5.74) is 0. The number of hydrogen-bond donors (Lipinski definition) is 2. The highest BCUT2D eigenvalue weighted by atomic mass is 19.4. The van der Waals surface area contributed by atoms with Crippen LogP contribution in [0.5, 0.6) is 0 Å². The molecule has 2 N–H and O–H groups in total. The van der Waals surface area contributed by atoms with Crippen molar-refractivity contribution < 1.29 is 32.6 Å². The Bertz CT molecular complexity index is 308. The number of ether oxygens (including phenoxy) is 1. The first-order valence-corrected chi connectivity index (χ1v) is 4.75. The van der Waals surface area contributed by atoms with Crippen molar-refractivity contribution in [3.63, 3.8) is 0 Å². The van der Waals surface area contributed by atoms with Crippen LogP contribution >= 0.6 is 0 Å². The molecule has 1 aliphatic rings. The predicted octanol–water partition coefficient (Wildman–Crippen LogP) is 0.0437. The first-order valence-electron chi connectivity index (χ1n) is 4.75. The molecule has 0 saturated carbocycles. The van der Waals surface area contributed by atoms with Crippen molar-refractivity contribution in [2.45, 2.75) is 12.3 Å². The third-order valence-corrected chi connectivity index (χ3v) is 2.16. The third-order valence-electron chi connectivity index (χ3n) is 2.16. The van der Waals surface area contributed by atoms with Crippen LogP contribution in [0.2, 0.25) is 0 Å². The zero-order valence-electron chi connectivity index (χ0n) is 8.66. The number of amides is 2. The molecule has 0 bridgehead atoms. The fourth-order valence-corrected chi connectivity index (χ4v) is 1.32. The lowest BCUT2D eigenvalue weighted by Crippen LogP contribution is -2.50. The Morgan fingerprint density at radius 3 is 2.65 bits per heavy atom. The van der Waals surface area contributed by atoms with Crippen molar-refractivity contribution in [3.05, 3.63) is 0 Å². The number of hydrogen-bond acceptors (Lipinski definition) is 3. The zero-order chi connectivity index (χ0) is 13.1. The Morgan fingerprint density at radius 1 is 1.47 bits per heavy atom. The highest BCUT2D eigenvalue weighted by Gasteiger charge is 2.39. The fraction of sp³-hybridized carbons (Fsp3) is 0.750. The lowest BCUT2D eigenvalue weighted by Gasteiger charge is -2.31. The molecule has 6 nitrogen and oxygen atoms in total. The van der Waals surface area contributed by atoms with Crippen LogP contribution in [0.3, 0.4) is 0 Å². The first kappa shape index (κ1) is 13.6. The van der Waals surface area contributed by atoms with Gasteiger partial charge in [0.05, 0.1) is 19.3 Å². The summed E-state index contributed by atoms with van der Waals surface area (Å²) in [6.07, 6.45) is -6.87. The van der Waals surface area contributed by atoms with Crippen molar-refractivity contribution in [2.75, 3.05) is 26.2 Å². The molecule has 1 saturated heterocycles. The molecule has 1 aliphatic heterocycles. The van der Waals surface area contributed by atoms with Crippen LogP contribution in [0.15, 0.2) is 0 Å². The smallest absolute Gasteiger partial charge is 0.465 e. The second-order valence-corrected chi connectivity index (χ2v) is 3.43. The molecule has 1 fully saturated rings. The van der Waals surface area contributed by atoms with Gasteiger partial charge in [0.2, 0.25) is 0 Å². The number of carbonyl (C=O) groups is 2. The van der Waals surface area contributed by atoms with E-state index in [0.717, 1.165) is 4.90 Å². The number of halogens is 3. The minimum atomic E-state index is -4.94. The Kier molecular flexibility index (Phi) is 4.16.